The summed E-state index contributed by atoms with van der Waals surface area (Å²) < 4.78 is 0. The van der Waals surface area contributed by atoms with E-state index in [2.05, 4.69) is 0 Å². The van der Waals surface area contributed by atoms with Crippen molar-refractivity contribution in [2.75, 3.05) is 0 Å². The van der Waals surface area contributed by atoms with Crippen LogP contribution in [0.25, 0.3) is 0 Å². The molecule has 1 rings (SSSR count). The second-order valence-corrected chi connectivity index (χ2v) is 1.77. The lowest BCUT2D eigenvalue weighted by atomic mass is 10.1. The first-order chi connectivity index (χ1) is 3.80. The number of rotatable bonds is 0. The topological polar surface area (TPSA) is 40.5 Å². The molecule has 1 aliphatic rings. The Morgan fingerprint density at radius 2 is 2.38 bits per heavy atom. The quantitative estimate of drug-likeness (QED) is 0.485. The fourth-order valence-electron chi connectivity index (χ4n) is 0.606. The molecule has 2 heteroatoms. The van der Waals surface area contributed by atoms with E-state index in [4.69, 9.17) is 10.2 Å². The molecule has 0 aromatic rings. The molecule has 0 heterocycles. The van der Waals surface area contributed by atoms with Gasteiger partial charge in [0.05, 0.1) is 0 Å². The van der Waals surface area contributed by atoms with Gasteiger partial charge < -0.3 is 10.2 Å². The molecule has 0 fully saturated rings. The summed E-state index contributed by atoms with van der Waals surface area (Å²) in [5.74, 6) is 0.0625. The van der Waals surface area contributed by atoms with Gasteiger partial charge in [-0.25, -0.2) is 0 Å². The Bertz CT molecular complexity index is 135. The van der Waals surface area contributed by atoms with Gasteiger partial charge in [-0.1, -0.05) is 12.2 Å². The summed E-state index contributed by atoms with van der Waals surface area (Å²) in [7, 11) is 0. The fraction of sp³-hybridized carbons (Fsp3) is 0.333. The van der Waals surface area contributed by atoms with Crippen molar-refractivity contribution in [3.05, 3.63) is 24.0 Å². The maximum absolute atomic E-state index is 8.81. The molecular weight excluding hydrogens is 104 g/mol. The molecule has 1 aliphatic carbocycles. The maximum Gasteiger partial charge on any atom is 0.121 e. The van der Waals surface area contributed by atoms with Gasteiger partial charge in [0.25, 0.3) is 0 Å². The average molecular weight is 112 g/mol. The molecule has 0 saturated heterocycles. The zero-order valence-electron chi connectivity index (χ0n) is 4.41. The minimum absolute atomic E-state index is 0.0625. The first-order valence-electron chi connectivity index (χ1n) is 2.54. The van der Waals surface area contributed by atoms with Crippen molar-refractivity contribution in [2.45, 2.75) is 12.5 Å². The zero-order valence-corrected chi connectivity index (χ0v) is 4.41. The van der Waals surface area contributed by atoms with Gasteiger partial charge in [-0.05, 0) is 12.5 Å². The molecule has 8 heavy (non-hydrogen) atoms. The molecule has 0 amide bonds. The summed E-state index contributed by atoms with van der Waals surface area (Å²) in [4.78, 5) is 0. The van der Waals surface area contributed by atoms with Crippen molar-refractivity contribution in [3.8, 4) is 0 Å². The molecule has 0 aromatic heterocycles. The van der Waals surface area contributed by atoms with Crippen LogP contribution in [0.4, 0.5) is 0 Å². The van der Waals surface area contributed by atoms with Gasteiger partial charge in [-0.2, -0.15) is 0 Å². The van der Waals surface area contributed by atoms with Gasteiger partial charge in [-0.15, -0.1) is 0 Å². The van der Waals surface area contributed by atoms with Gasteiger partial charge in [-0.3, -0.25) is 0 Å². The SMILES string of the molecule is OC1=CC=CCC1O. The van der Waals surface area contributed by atoms with Crippen molar-refractivity contribution in [1.29, 1.82) is 0 Å². The maximum atomic E-state index is 8.81. The number of allylic oxidation sites excluding steroid dienone is 2. The molecule has 2 N–H and O–H groups in total. The number of hydrogen-bond donors (Lipinski definition) is 2. The van der Waals surface area contributed by atoms with E-state index in [9.17, 15) is 0 Å². The molecule has 1 atom stereocenters. The van der Waals surface area contributed by atoms with E-state index in [0.717, 1.165) is 0 Å². The van der Waals surface area contributed by atoms with Crippen LogP contribution >= 0.6 is 0 Å². The van der Waals surface area contributed by atoms with Gasteiger partial charge in [0, 0.05) is 0 Å². The largest absolute Gasteiger partial charge is 0.510 e. The molecule has 0 bridgehead atoms. The molecule has 1 unspecified atom stereocenters. The van der Waals surface area contributed by atoms with Crippen LogP contribution in [0.2, 0.25) is 0 Å². The Morgan fingerprint density at radius 1 is 1.62 bits per heavy atom. The number of aliphatic hydroxyl groups excluding tert-OH is 2. The molecule has 0 saturated carbocycles. The van der Waals surface area contributed by atoms with Gasteiger partial charge in [0.1, 0.15) is 11.9 Å². The first-order valence-corrected chi connectivity index (χ1v) is 2.54. The second kappa shape index (κ2) is 2.01. The van der Waals surface area contributed by atoms with Crippen molar-refractivity contribution in [1.82, 2.24) is 0 Å². The van der Waals surface area contributed by atoms with Crippen molar-refractivity contribution >= 4 is 0 Å². The predicted molar refractivity (Wildman–Crippen MR) is 30.5 cm³/mol. The van der Waals surface area contributed by atoms with Crippen molar-refractivity contribution in [2.24, 2.45) is 0 Å². The molecule has 0 radical (unpaired) electrons. The third kappa shape index (κ3) is 0.898. The minimum Gasteiger partial charge on any atom is -0.510 e. The molecule has 0 aliphatic heterocycles. The van der Waals surface area contributed by atoms with E-state index in [-0.39, 0.29) is 5.76 Å². The average Bonchev–Trinajstić information content (AvgIpc) is 1.77. The van der Waals surface area contributed by atoms with E-state index >= 15 is 0 Å². The van der Waals surface area contributed by atoms with E-state index in [0.29, 0.717) is 6.42 Å². The van der Waals surface area contributed by atoms with Crippen LogP contribution in [-0.4, -0.2) is 16.3 Å². The highest BCUT2D eigenvalue weighted by atomic mass is 16.3. The molecular formula is C6H8O2. The third-order valence-electron chi connectivity index (χ3n) is 1.10. The summed E-state index contributed by atoms with van der Waals surface area (Å²) in [5, 5.41) is 17.5. The zero-order chi connectivity index (χ0) is 5.98. The highest BCUT2D eigenvalue weighted by Crippen LogP contribution is 2.08. The Kier molecular flexibility index (Phi) is 1.35. The highest BCUT2D eigenvalue weighted by Gasteiger charge is 2.07. The van der Waals surface area contributed by atoms with Gasteiger partial charge >= 0.3 is 0 Å². The summed E-state index contributed by atoms with van der Waals surface area (Å²) in [6.07, 6.45) is 4.89. The van der Waals surface area contributed by atoms with Crippen LogP contribution in [0.5, 0.6) is 0 Å². The van der Waals surface area contributed by atoms with Crippen LogP contribution in [-0.2, 0) is 0 Å². The first kappa shape index (κ1) is 5.38. The summed E-state index contributed by atoms with van der Waals surface area (Å²) in [6.45, 7) is 0. The lowest BCUT2D eigenvalue weighted by Gasteiger charge is -2.08. The second-order valence-electron chi connectivity index (χ2n) is 1.77. The molecule has 0 spiro atoms. The molecule has 0 aromatic carbocycles. The van der Waals surface area contributed by atoms with Gasteiger partial charge in [0.15, 0.2) is 0 Å². The number of hydrogen-bond acceptors (Lipinski definition) is 2. The van der Waals surface area contributed by atoms with E-state index in [1.165, 1.54) is 6.08 Å². The summed E-state index contributed by atoms with van der Waals surface area (Å²) in [6, 6.07) is 0. The van der Waals surface area contributed by atoms with Crippen LogP contribution < -0.4 is 0 Å². The minimum atomic E-state index is -0.667. The van der Waals surface area contributed by atoms with E-state index in [1.807, 2.05) is 6.08 Å². The van der Waals surface area contributed by atoms with Crippen LogP contribution in [0.3, 0.4) is 0 Å². The normalized spacial score (nSPS) is 27.6. The Morgan fingerprint density at radius 3 is 2.75 bits per heavy atom. The van der Waals surface area contributed by atoms with Crippen LogP contribution in [0.1, 0.15) is 6.42 Å². The lowest BCUT2D eigenvalue weighted by Crippen LogP contribution is -2.09. The van der Waals surface area contributed by atoms with Gasteiger partial charge in [0.2, 0.25) is 0 Å². The number of aliphatic hydroxyl groups is 2. The Labute approximate surface area is 47.8 Å². The van der Waals surface area contributed by atoms with E-state index in [1.54, 1.807) is 6.08 Å². The standard InChI is InChI=1S/C6H8O2/c7-5-3-1-2-4-6(5)8/h1-3,6-8H,4H2. The Balaban J connectivity index is 2.66. The van der Waals surface area contributed by atoms with Crippen LogP contribution in [0, 0.1) is 0 Å². The monoisotopic (exact) mass is 112 g/mol. The lowest BCUT2D eigenvalue weighted by molar-refractivity contribution is 0.154. The van der Waals surface area contributed by atoms with Crippen molar-refractivity contribution < 1.29 is 10.2 Å². The molecule has 44 valence electrons. The third-order valence-corrected chi connectivity index (χ3v) is 1.10. The smallest absolute Gasteiger partial charge is 0.121 e. The Hall–Kier alpha value is -0.760. The van der Waals surface area contributed by atoms with E-state index < -0.39 is 6.10 Å². The summed E-state index contributed by atoms with van der Waals surface area (Å²) in [5.41, 5.74) is 0. The van der Waals surface area contributed by atoms with Crippen LogP contribution in [0.15, 0.2) is 24.0 Å². The highest BCUT2D eigenvalue weighted by molar-refractivity contribution is 5.15. The summed E-state index contributed by atoms with van der Waals surface area (Å²) >= 11 is 0. The fourth-order valence-corrected chi connectivity index (χ4v) is 0.606. The van der Waals surface area contributed by atoms with Crippen molar-refractivity contribution in [3.63, 3.8) is 0 Å². The molecule has 2 nitrogen and oxygen atoms in total. The predicted octanol–water partition coefficient (Wildman–Crippen LogP) is 0.749.